The van der Waals surface area contributed by atoms with Crippen LogP contribution in [0.15, 0.2) is 24.3 Å². The van der Waals surface area contributed by atoms with Crippen molar-refractivity contribution in [1.29, 1.82) is 0 Å². The lowest BCUT2D eigenvalue weighted by atomic mass is 10.1. The van der Waals surface area contributed by atoms with Gasteiger partial charge in [0.25, 0.3) is 0 Å². The zero-order chi connectivity index (χ0) is 15.7. The Balaban J connectivity index is 2.49. The molecule has 1 rings (SSSR count). The lowest BCUT2D eigenvalue weighted by molar-refractivity contribution is -0.491. The van der Waals surface area contributed by atoms with E-state index in [0.717, 1.165) is 12.8 Å². The van der Waals surface area contributed by atoms with E-state index < -0.39 is 17.6 Å². The van der Waals surface area contributed by atoms with E-state index in [1.54, 1.807) is 24.3 Å². The summed E-state index contributed by atoms with van der Waals surface area (Å²) in [6.07, 6.45) is 0.866. The van der Waals surface area contributed by atoms with E-state index in [1.165, 1.54) is 0 Å². The first-order valence-corrected chi connectivity index (χ1v) is 7.17. The molecule has 1 aromatic rings. The summed E-state index contributed by atoms with van der Waals surface area (Å²) < 4.78 is 11.2. The highest BCUT2D eigenvalue weighted by atomic mass is 16.6. The van der Waals surface area contributed by atoms with E-state index in [2.05, 4.69) is 6.92 Å². The first kappa shape index (κ1) is 17.4. The van der Waals surface area contributed by atoms with Crippen LogP contribution in [0.3, 0.4) is 0 Å². The molecule has 0 bridgehead atoms. The zero-order valence-electron chi connectivity index (χ0n) is 12.5. The molecule has 0 aliphatic carbocycles. The molecule has 0 amide bonds. The number of hydrogen-bond acceptors (Lipinski definition) is 5. The van der Waals surface area contributed by atoms with Crippen molar-refractivity contribution in [1.82, 2.24) is 0 Å². The van der Waals surface area contributed by atoms with E-state index in [1.807, 2.05) is 6.92 Å². The molecule has 2 atom stereocenters. The van der Waals surface area contributed by atoms with E-state index in [-0.39, 0.29) is 6.10 Å². The van der Waals surface area contributed by atoms with Crippen LogP contribution in [0.1, 0.15) is 38.4 Å². The zero-order valence-corrected chi connectivity index (χ0v) is 12.5. The summed E-state index contributed by atoms with van der Waals surface area (Å²) >= 11 is 0. The third-order valence-electron chi connectivity index (χ3n) is 2.90. The van der Waals surface area contributed by atoms with Gasteiger partial charge in [0.2, 0.25) is 6.54 Å². The van der Waals surface area contributed by atoms with Gasteiger partial charge in [-0.15, -0.1) is 0 Å². The maximum absolute atomic E-state index is 10.4. The SMILES string of the molecule is CCCCOCC(C)Oc1cccc([C@H](O)C[N+](=O)[O-])c1. The smallest absolute Gasteiger partial charge is 0.233 e. The van der Waals surface area contributed by atoms with Crippen LogP contribution < -0.4 is 4.74 Å². The van der Waals surface area contributed by atoms with Crippen molar-refractivity contribution in [2.75, 3.05) is 19.8 Å². The fourth-order valence-corrected chi connectivity index (χ4v) is 1.80. The molecule has 0 fully saturated rings. The fourth-order valence-electron chi connectivity index (χ4n) is 1.80. The molecule has 0 radical (unpaired) electrons. The van der Waals surface area contributed by atoms with Gasteiger partial charge in [-0.05, 0) is 31.0 Å². The van der Waals surface area contributed by atoms with Gasteiger partial charge >= 0.3 is 0 Å². The van der Waals surface area contributed by atoms with Crippen molar-refractivity contribution >= 4 is 0 Å². The topological polar surface area (TPSA) is 81.8 Å². The second kappa shape index (κ2) is 9.31. The highest BCUT2D eigenvalue weighted by Crippen LogP contribution is 2.20. The third kappa shape index (κ3) is 7.06. The maximum atomic E-state index is 10.4. The molecular weight excluding hydrogens is 274 g/mol. The van der Waals surface area contributed by atoms with Gasteiger partial charge in [0.1, 0.15) is 18.0 Å². The van der Waals surface area contributed by atoms with Crippen molar-refractivity contribution in [3.8, 4) is 5.75 Å². The minimum Gasteiger partial charge on any atom is -0.488 e. The highest BCUT2D eigenvalue weighted by molar-refractivity contribution is 5.30. The quantitative estimate of drug-likeness (QED) is 0.408. The van der Waals surface area contributed by atoms with Crippen molar-refractivity contribution in [3.05, 3.63) is 39.9 Å². The minimum atomic E-state index is -1.13. The Morgan fingerprint density at radius 1 is 1.43 bits per heavy atom. The van der Waals surface area contributed by atoms with Crippen LogP contribution in [0.5, 0.6) is 5.75 Å². The van der Waals surface area contributed by atoms with E-state index in [4.69, 9.17) is 9.47 Å². The number of ether oxygens (including phenoxy) is 2. The number of nitrogens with zero attached hydrogens (tertiary/aromatic N) is 1. The van der Waals surface area contributed by atoms with Crippen LogP contribution in [0.25, 0.3) is 0 Å². The average Bonchev–Trinajstić information content (AvgIpc) is 2.43. The lowest BCUT2D eigenvalue weighted by Crippen LogP contribution is -2.19. The number of aliphatic hydroxyl groups excluding tert-OH is 1. The summed E-state index contributed by atoms with van der Waals surface area (Å²) in [6.45, 7) is 4.68. The number of rotatable bonds is 10. The third-order valence-corrected chi connectivity index (χ3v) is 2.90. The predicted molar refractivity (Wildman–Crippen MR) is 79.1 cm³/mol. The van der Waals surface area contributed by atoms with Crippen LogP contribution in [-0.4, -0.2) is 35.9 Å². The predicted octanol–water partition coefficient (Wildman–Crippen LogP) is 2.58. The van der Waals surface area contributed by atoms with Gasteiger partial charge in [0.05, 0.1) is 6.61 Å². The van der Waals surface area contributed by atoms with E-state index >= 15 is 0 Å². The molecular formula is C15H23NO5. The van der Waals surface area contributed by atoms with Gasteiger partial charge in [-0.1, -0.05) is 25.5 Å². The fraction of sp³-hybridized carbons (Fsp3) is 0.600. The van der Waals surface area contributed by atoms with Crippen molar-refractivity contribution in [2.24, 2.45) is 0 Å². The first-order chi connectivity index (χ1) is 10.0. The van der Waals surface area contributed by atoms with Gasteiger partial charge in [-0.3, -0.25) is 10.1 Å². The average molecular weight is 297 g/mol. The van der Waals surface area contributed by atoms with Crippen molar-refractivity contribution < 1.29 is 19.5 Å². The Kier molecular flexibility index (Phi) is 7.71. The second-order valence-corrected chi connectivity index (χ2v) is 4.96. The maximum Gasteiger partial charge on any atom is 0.233 e. The van der Waals surface area contributed by atoms with Crippen LogP contribution in [0.2, 0.25) is 0 Å². The summed E-state index contributed by atoms with van der Waals surface area (Å²) in [6, 6.07) is 6.73. The number of hydrogen-bond donors (Lipinski definition) is 1. The molecule has 6 heteroatoms. The van der Waals surface area contributed by atoms with Crippen molar-refractivity contribution in [3.63, 3.8) is 0 Å². The molecule has 0 spiro atoms. The summed E-state index contributed by atoms with van der Waals surface area (Å²) in [7, 11) is 0. The molecule has 0 aliphatic rings. The Morgan fingerprint density at radius 2 is 2.19 bits per heavy atom. The standard InChI is InChI=1S/C15H23NO5/c1-3-4-8-20-11-12(2)21-14-7-5-6-13(9-14)15(17)10-16(18)19/h5-7,9,12,15,17H,3-4,8,10-11H2,1-2H3/t12?,15-/m1/s1. The molecule has 1 unspecified atom stereocenters. The molecule has 0 aromatic heterocycles. The van der Waals surface area contributed by atoms with Crippen LogP contribution in [-0.2, 0) is 4.74 Å². The van der Waals surface area contributed by atoms with Gasteiger partial charge in [-0.25, -0.2) is 0 Å². The van der Waals surface area contributed by atoms with Gasteiger partial charge in [0.15, 0.2) is 0 Å². The number of benzene rings is 1. The summed E-state index contributed by atoms with van der Waals surface area (Å²) in [4.78, 5) is 9.88. The molecule has 1 N–H and O–H groups in total. The minimum absolute atomic E-state index is 0.121. The number of unbranched alkanes of at least 4 members (excludes halogenated alkanes) is 1. The van der Waals surface area contributed by atoms with Crippen LogP contribution in [0, 0.1) is 10.1 Å². The highest BCUT2D eigenvalue weighted by Gasteiger charge is 2.15. The number of nitro groups is 1. The Bertz CT molecular complexity index is 438. The summed E-state index contributed by atoms with van der Waals surface area (Å²) in [5.41, 5.74) is 0.475. The molecule has 0 heterocycles. The Morgan fingerprint density at radius 3 is 2.86 bits per heavy atom. The largest absolute Gasteiger partial charge is 0.488 e. The van der Waals surface area contributed by atoms with Gasteiger partial charge in [-0.2, -0.15) is 0 Å². The monoisotopic (exact) mass is 297 g/mol. The van der Waals surface area contributed by atoms with E-state index in [9.17, 15) is 15.2 Å². The summed E-state index contributed by atoms with van der Waals surface area (Å²) in [5.74, 6) is 0.571. The molecule has 0 aliphatic heterocycles. The first-order valence-electron chi connectivity index (χ1n) is 7.17. The molecule has 118 valence electrons. The molecule has 6 nitrogen and oxygen atoms in total. The molecule has 21 heavy (non-hydrogen) atoms. The van der Waals surface area contributed by atoms with E-state index in [0.29, 0.717) is 24.5 Å². The van der Waals surface area contributed by atoms with Gasteiger partial charge in [0, 0.05) is 11.5 Å². The Hall–Kier alpha value is -1.66. The van der Waals surface area contributed by atoms with Crippen molar-refractivity contribution in [2.45, 2.75) is 38.9 Å². The molecule has 0 saturated carbocycles. The normalized spacial score (nSPS) is 13.7. The van der Waals surface area contributed by atoms with Crippen LogP contribution >= 0.6 is 0 Å². The Labute approximate surface area is 124 Å². The second-order valence-electron chi connectivity index (χ2n) is 4.96. The molecule has 0 saturated heterocycles. The van der Waals surface area contributed by atoms with Gasteiger partial charge < -0.3 is 14.6 Å². The van der Waals surface area contributed by atoms with Crippen LogP contribution in [0.4, 0.5) is 0 Å². The number of aliphatic hydroxyl groups is 1. The molecule has 1 aromatic carbocycles. The summed E-state index contributed by atoms with van der Waals surface area (Å²) in [5, 5.41) is 20.1. The lowest BCUT2D eigenvalue weighted by Gasteiger charge is -2.16.